The molecule has 82 valence electrons. The molecule has 0 spiro atoms. The first-order valence-corrected chi connectivity index (χ1v) is 6.81. The fourth-order valence-electron chi connectivity index (χ4n) is 1.60. The first-order valence-electron chi connectivity index (χ1n) is 4.97. The molecular weight excluding hydrogens is 277 g/mol. The van der Waals surface area contributed by atoms with Crippen LogP contribution >= 0.6 is 27.7 Å². The minimum Gasteiger partial charge on any atom is -0.301 e. The van der Waals surface area contributed by atoms with E-state index in [1.165, 1.54) is 6.07 Å². The van der Waals surface area contributed by atoms with Crippen LogP contribution in [0.4, 0.5) is 4.39 Å². The van der Waals surface area contributed by atoms with Crippen molar-refractivity contribution in [2.45, 2.75) is 12.3 Å². The molecule has 1 aliphatic rings. The predicted octanol–water partition coefficient (Wildman–Crippen LogP) is 3.56. The molecule has 15 heavy (non-hydrogen) atoms. The maximum Gasteiger partial charge on any atom is 0.128 e. The van der Waals surface area contributed by atoms with Crippen molar-refractivity contribution in [1.82, 2.24) is 5.32 Å². The fourth-order valence-corrected chi connectivity index (χ4v) is 3.19. The summed E-state index contributed by atoms with van der Waals surface area (Å²) in [4.78, 5) is 0. The third-order valence-electron chi connectivity index (χ3n) is 2.44. The van der Waals surface area contributed by atoms with Gasteiger partial charge in [-0.15, -0.1) is 11.8 Å². The standard InChI is InChI=1S/C11H13BrFNS/c1-7-5-14-11(15-6-7)9-4-8(12)2-3-10(9)13/h2-4,7,11,14H,5-6H2,1H3. The van der Waals surface area contributed by atoms with Crippen LogP contribution in [0.15, 0.2) is 22.7 Å². The van der Waals surface area contributed by atoms with Gasteiger partial charge in [-0.3, -0.25) is 0 Å². The van der Waals surface area contributed by atoms with Gasteiger partial charge in [0.15, 0.2) is 0 Å². The highest BCUT2D eigenvalue weighted by molar-refractivity contribution is 9.10. The fraction of sp³-hybridized carbons (Fsp3) is 0.455. The lowest BCUT2D eigenvalue weighted by atomic mass is 10.1. The van der Waals surface area contributed by atoms with Crippen molar-refractivity contribution < 1.29 is 4.39 Å². The first kappa shape index (κ1) is 11.4. The molecule has 2 atom stereocenters. The zero-order chi connectivity index (χ0) is 10.8. The van der Waals surface area contributed by atoms with Crippen LogP contribution < -0.4 is 5.32 Å². The Morgan fingerprint density at radius 3 is 3.00 bits per heavy atom. The number of halogens is 2. The number of thioether (sulfide) groups is 1. The van der Waals surface area contributed by atoms with Gasteiger partial charge in [0.25, 0.3) is 0 Å². The molecule has 1 N–H and O–H groups in total. The average molecular weight is 290 g/mol. The quantitative estimate of drug-likeness (QED) is 0.848. The van der Waals surface area contributed by atoms with Gasteiger partial charge in [0.05, 0.1) is 5.37 Å². The van der Waals surface area contributed by atoms with Crippen LogP contribution in [0.2, 0.25) is 0 Å². The molecule has 1 heterocycles. The van der Waals surface area contributed by atoms with Gasteiger partial charge in [0.2, 0.25) is 0 Å². The molecule has 2 rings (SSSR count). The van der Waals surface area contributed by atoms with E-state index >= 15 is 0 Å². The second-order valence-corrected chi connectivity index (χ2v) is 5.95. The summed E-state index contributed by atoms with van der Waals surface area (Å²) < 4.78 is 14.5. The Morgan fingerprint density at radius 1 is 1.53 bits per heavy atom. The Balaban J connectivity index is 2.18. The minimum atomic E-state index is -0.127. The zero-order valence-corrected chi connectivity index (χ0v) is 10.9. The summed E-state index contributed by atoms with van der Waals surface area (Å²) in [6, 6.07) is 5.10. The van der Waals surface area contributed by atoms with Gasteiger partial charge in [-0.2, -0.15) is 0 Å². The van der Waals surface area contributed by atoms with Gasteiger partial charge < -0.3 is 5.32 Å². The molecule has 1 nitrogen and oxygen atoms in total. The number of hydrogen-bond acceptors (Lipinski definition) is 2. The molecule has 0 aliphatic carbocycles. The van der Waals surface area contributed by atoms with Crippen molar-refractivity contribution in [2.24, 2.45) is 5.92 Å². The summed E-state index contributed by atoms with van der Waals surface area (Å²) in [5.74, 6) is 1.63. The van der Waals surface area contributed by atoms with E-state index in [2.05, 4.69) is 28.2 Å². The molecule has 0 aromatic heterocycles. The van der Waals surface area contributed by atoms with Crippen molar-refractivity contribution in [2.75, 3.05) is 12.3 Å². The Hall–Kier alpha value is -0.0600. The largest absolute Gasteiger partial charge is 0.301 e. The Labute approximate surface area is 102 Å². The highest BCUT2D eigenvalue weighted by Crippen LogP contribution is 2.33. The summed E-state index contributed by atoms with van der Waals surface area (Å²) in [6.45, 7) is 3.16. The number of hydrogen-bond donors (Lipinski definition) is 1. The van der Waals surface area contributed by atoms with E-state index in [0.29, 0.717) is 5.92 Å². The molecule has 0 saturated carbocycles. The van der Waals surface area contributed by atoms with Crippen LogP contribution in [0.1, 0.15) is 17.9 Å². The normalized spacial score (nSPS) is 26.6. The van der Waals surface area contributed by atoms with Crippen molar-refractivity contribution >= 4 is 27.7 Å². The third-order valence-corrected chi connectivity index (χ3v) is 4.45. The SMILES string of the molecule is CC1CNC(c2cc(Br)ccc2F)SC1. The minimum absolute atomic E-state index is 0.0960. The summed E-state index contributed by atoms with van der Waals surface area (Å²) in [5.41, 5.74) is 0.751. The van der Waals surface area contributed by atoms with E-state index in [4.69, 9.17) is 0 Å². The maximum atomic E-state index is 13.6. The van der Waals surface area contributed by atoms with Crippen molar-refractivity contribution in [3.05, 3.63) is 34.1 Å². The highest BCUT2D eigenvalue weighted by Gasteiger charge is 2.21. The molecule has 0 amide bonds. The van der Waals surface area contributed by atoms with Crippen LogP contribution in [0, 0.1) is 11.7 Å². The molecule has 0 radical (unpaired) electrons. The summed E-state index contributed by atoms with van der Waals surface area (Å²) >= 11 is 5.15. The molecule has 1 aromatic carbocycles. The van der Waals surface area contributed by atoms with E-state index < -0.39 is 0 Å². The van der Waals surface area contributed by atoms with Gasteiger partial charge in [0, 0.05) is 10.0 Å². The van der Waals surface area contributed by atoms with Crippen molar-refractivity contribution in [3.63, 3.8) is 0 Å². The molecule has 1 saturated heterocycles. The predicted molar refractivity (Wildman–Crippen MR) is 66.5 cm³/mol. The Morgan fingerprint density at radius 2 is 2.33 bits per heavy atom. The van der Waals surface area contributed by atoms with Gasteiger partial charge in [-0.25, -0.2) is 4.39 Å². The average Bonchev–Trinajstić information content (AvgIpc) is 2.23. The van der Waals surface area contributed by atoms with E-state index in [-0.39, 0.29) is 11.2 Å². The van der Waals surface area contributed by atoms with Crippen LogP contribution in [0.25, 0.3) is 0 Å². The maximum absolute atomic E-state index is 13.6. The Kier molecular flexibility index (Phi) is 3.69. The Bertz CT molecular complexity index is 350. The second-order valence-electron chi connectivity index (χ2n) is 3.89. The summed E-state index contributed by atoms with van der Waals surface area (Å²) in [7, 11) is 0. The lowest BCUT2D eigenvalue weighted by Crippen LogP contribution is -2.31. The molecule has 1 fully saturated rings. The van der Waals surface area contributed by atoms with E-state index in [1.807, 2.05) is 6.07 Å². The molecule has 0 bridgehead atoms. The molecule has 1 aromatic rings. The van der Waals surface area contributed by atoms with E-state index in [9.17, 15) is 4.39 Å². The number of rotatable bonds is 1. The van der Waals surface area contributed by atoms with Crippen molar-refractivity contribution in [1.29, 1.82) is 0 Å². The second kappa shape index (κ2) is 4.85. The highest BCUT2D eigenvalue weighted by atomic mass is 79.9. The number of nitrogens with one attached hydrogen (secondary N) is 1. The molecular formula is C11H13BrFNS. The first-order chi connectivity index (χ1) is 7.16. The van der Waals surface area contributed by atoms with Crippen LogP contribution in [0.5, 0.6) is 0 Å². The topological polar surface area (TPSA) is 12.0 Å². The molecule has 1 aliphatic heterocycles. The van der Waals surface area contributed by atoms with E-state index in [0.717, 1.165) is 22.3 Å². The van der Waals surface area contributed by atoms with Crippen LogP contribution in [-0.2, 0) is 0 Å². The van der Waals surface area contributed by atoms with Crippen molar-refractivity contribution in [3.8, 4) is 0 Å². The van der Waals surface area contributed by atoms with Crippen LogP contribution in [-0.4, -0.2) is 12.3 Å². The van der Waals surface area contributed by atoms with E-state index in [1.54, 1.807) is 17.8 Å². The molecule has 2 unspecified atom stereocenters. The third kappa shape index (κ3) is 2.74. The number of benzene rings is 1. The summed E-state index contributed by atoms with van der Waals surface area (Å²) in [5, 5.41) is 3.45. The zero-order valence-electron chi connectivity index (χ0n) is 8.47. The smallest absolute Gasteiger partial charge is 0.128 e. The van der Waals surface area contributed by atoms with Crippen LogP contribution in [0.3, 0.4) is 0 Å². The van der Waals surface area contributed by atoms with Gasteiger partial charge in [-0.05, 0) is 36.4 Å². The molecule has 4 heteroatoms. The summed E-state index contributed by atoms with van der Waals surface area (Å²) in [6.07, 6.45) is 0. The van der Waals surface area contributed by atoms with Gasteiger partial charge in [0.1, 0.15) is 5.82 Å². The van der Waals surface area contributed by atoms with Gasteiger partial charge in [-0.1, -0.05) is 22.9 Å². The lowest BCUT2D eigenvalue weighted by molar-refractivity contribution is 0.513. The van der Waals surface area contributed by atoms with Gasteiger partial charge >= 0.3 is 0 Å². The monoisotopic (exact) mass is 289 g/mol. The lowest BCUT2D eigenvalue weighted by Gasteiger charge is -2.27.